The van der Waals surface area contributed by atoms with Crippen molar-refractivity contribution in [1.82, 2.24) is 0 Å². The van der Waals surface area contributed by atoms with Crippen LogP contribution in [0.3, 0.4) is 0 Å². The first kappa shape index (κ1) is 55.6. The largest absolute Gasteiger partial charge is 0.462 e. The lowest BCUT2D eigenvalue weighted by Crippen LogP contribution is -2.61. The Morgan fingerprint density at radius 1 is 0.532 bits per heavy atom. The van der Waals surface area contributed by atoms with Crippen LogP contribution in [0.15, 0.2) is 48.6 Å². The minimum atomic E-state index is -1.77. The summed E-state index contributed by atoms with van der Waals surface area (Å²) in [5.74, 6) is -0.977. The van der Waals surface area contributed by atoms with Crippen molar-refractivity contribution in [3.8, 4) is 0 Å². The van der Waals surface area contributed by atoms with Crippen molar-refractivity contribution in [2.75, 3.05) is 26.4 Å². The molecule has 2 aliphatic heterocycles. The third-order valence-electron chi connectivity index (χ3n) is 10.8. The maximum atomic E-state index is 12.9. The molecule has 4 unspecified atom stereocenters. The van der Waals surface area contributed by atoms with Crippen molar-refractivity contribution in [2.45, 2.75) is 210 Å². The number of rotatable bonds is 34. The van der Waals surface area contributed by atoms with Gasteiger partial charge in [-0.05, 0) is 51.4 Å². The van der Waals surface area contributed by atoms with Gasteiger partial charge in [0.05, 0.1) is 19.8 Å². The summed E-state index contributed by atoms with van der Waals surface area (Å²) in [5, 5.41) is 71.8. The second-order valence-corrected chi connectivity index (χ2v) is 16.2. The topological polar surface area (TPSA) is 231 Å². The van der Waals surface area contributed by atoms with Crippen LogP contribution in [0.1, 0.15) is 142 Å². The lowest BCUT2D eigenvalue weighted by atomic mass is 9.98. The van der Waals surface area contributed by atoms with Crippen molar-refractivity contribution in [3.63, 3.8) is 0 Å². The van der Waals surface area contributed by atoms with Gasteiger partial charge >= 0.3 is 11.9 Å². The molecule has 0 spiro atoms. The Hall–Kier alpha value is -2.54. The molecule has 0 aromatic carbocycles. The Morgan fingerprint density at radius 3 is 1.60 bits per heavy atom. The summed E-state index contributed by atoms with van der Waals surface area (Å²) in [6, 6.07) is 0. The first-order chi connectivity index (χ1) is 30.0. The van der Waals surface area contributed by atoms with Gasteiger partial charge in [0.1, 0.15) is 55.4 Å². The van der Waals surface area contributed by atoms with E-state index in [0.29, 0.717) is 12.8 Å². The number of carbonyl (C=O) groups is 2. The Labute approximate surface area is 369 Å². The van der Waals surface area contributed by atoms with Crippen LogP contribution >= 0.6 is 0 Å². The molecule has 15 heteroatoms. The molecule has 2 fully saturated rings. The molecule has 0 bridgehead atoms. The number of aliphatic hydroxyl groups is 7. The first-order valence-corrected chi connectivity index (χ1v) is 23.2. The zero-order valence-corrected chi connectivity index (χ0v) is 37.3. The Balaban J connectivity index is 1.87. The SMILES string of the molecule is CC/C=C/C/C=C/C/C=C/C/C=C/CCCCC(=O)OC[C@H](CO[C@@H]1O[C@H](CO[C@@H]2O[C@H](CO)[C@H](O)C(O)C2O)[C@H](O)C(O)C1O)OC(=O)CCCCCCCCCCCCC. The number of hydrogen-bond donors (Lipinski definition) is 7. The molecule has 0 radical (unpaired) electrons. The quantitative estimate of drug-likeness (QED) is 0.0252. The lowest BCUT2D eigenvalue weighted by molar-refractivity contribution is -0.332. The van der Waals surface area contributed by atoms with E-state index >= 15 is 0 Å². The van der Waals surface area contributed by atoms with Gasteiger partial charge in [-0.1, -0.05) is 127 Å². The fourth-order valence-corrected chi connectivity index (χ4v) is 6.97. The van der Waals surface area contributed by atoms with Crippen LogP contribution in [-0.4, -0.2) is 142 Å². The summed E-state index contributed by atoms with van der Waals surface area (Å²) >= 11 is 0. The predicted molar refractivity (Wildman–Crippen MR) is 233 cm³/mol. The van der Waals surface area contributed by atoms with Crippen LogP contribution in [-0.2, 0) is 38.0 Å². The molecule has 0 saturated carbocycles. The zero-order chi connectivity index (χ0) is 45.4. The van der Waals surface area contributed by atoms with E-state index in [9.17, 15) is 45.3 Å². The summed E-state index contributed by atoms with van der Waals surface area (Å²) in [7, 11) is 0. The maximum absolute atomic E-state index is 12.9. The van der Waals surface area contributed by atoms with Crippen LogP contribution in [0, 0.1) is 0 Å². The molecule has 15 nitrogen and oxygen atoms in total. The Bertz CT molecular complexity index is 1270. The van der Waals surface area contributed by atoms with Crippen LogP contribution in [0.25, 0.3) is 0 Å². The smallest absolute Gasteiger partial charge is 0.306 e. The molecule has 2 aliphatic rings. The summed E-state index contributed by atoms with van der Waals surface area (Å²) in [5.41, 5.74) is 0. The number of ether oxygens (including phenoxy) is 6. The zero-order valence-electron chi connectivity index (χ0n) is 37.3. The van der Waals surface area contributed by atoms with Gasteiger partial charge in [0.2, 0.25) is 0 Å². The van der Waals surface area contributed by atoms with Gasteiger partial charge in [-0.3, -0.25) is 9.59 Å². The molecule has 2 saturated heterocycles. The number of unbranched alkanes of at least 4 members (excludes halogenated alkanes) is 12. The van der Waals surface area contributed by atoms with Crippen molar-refractivity contribution in [1.29, 1.82) is 0 Å². The second-order valence-electron chi connectivity index (χ2n) is 16.2. The van der Waals surface area contributed by atoms with E-state index in [2.05, 4.69) is 62.5 Å². The van der Waals surface area contributed by atoms with E-state index in [0.717, 1.165) is 57.8 Å². The number of carbonyl (C=O) groups excluding carboxylic acids is 2. The monoisotopic (exact) mass is 885 g/mol. The summed E-state index contributed by atoms with van der Waals surface area (Å²) < 4.78 is 33.4. The van der Waals surface area contributed by atoms with Crippen LogP contribution in [0.2, 0.25) is 0 Å². The number of allylic oxidation sites excluding steroid dienone is 8. The van der Waals surface area contributed by atoms with Crippen molar-refractivity contribution >= 4 is 11.9 Å². The summed E-state index contributed by atoms with van der Waals surface area (Å²) in [6.07, 6.45) is 18.7. The van der Waals surface area contributed by atoms with E-state index in [-0.39, 0.29) is 19.4 Å². The molecule has 2 heterocycles. The van der Waals surface area contributed by atoms with E-state index in [1.54, 1.807) is 0 Å². The highest BCUT2D eigenvalue weighted by atomic mass is 16.7. The third-order valence-corrected chi connectivity index (χ3v) is 10.8. The van der Waals surface area contributed by atoms with Gasteiger partial charge in [-0.25, -0.2) is 0 Å². The van der Waals surface area contributed by atoms with Crippen LogP contribution < -0.4 is 0 Å². The van der Waals surface area contributed by atoms with Gasteiger partial charge in [0.15, 0.2) is 18.7 Å². The average Bonchev–Trinajstić information content (AvgIpc) is 3.26. The molecule has 2 rings (SSSR count). The van der Waals surface area contributed by atoms with Crippen molar-refractivity contribution in [3.05, 3.63) is 48.6 Å². The molecule has 11 atom stereocenters. The van der Waals surface area contributed by atoms with Gasteiger partial charge < -0.3 is 64.2 Å². The standard InChI is InChI=1S/C47H80O15/c1-3-5-7-9-11-13-15-16-17-18-20-21-23-25-27-29-38(49)57-32-35(60-39(50)30-28-26-24-22-19-14-12-10-8-6-4-2)33-58-46-45(56)43(54)41(52)37(62-46)34-59-47-44(55)42(53)40(51)36(31-48)61-47/h5,7,11,13,16-17,20-21,35-37,40-48,51-56H,3-4,6,8-10,12,14-15,18-19,22-34H2,1-2H3/b7-5+,13-11+,17-16+,21-20+/t35-,36-,37-,40+,41+,42?,43?,44?,45?,46-,47-/m1/s1. The van der Waals surface area contributed by atoms with Crippen LogP contribution in [0.4, 0.5) is 0 Å². The summed E-state index contributed by atoms with van der Waals surface area (Å²) in [4.78, 5) is 25.6. The molecule has 0 aromatic rings. The van der Waals surface area contributed by atoms with Crippen LogP contribution in [0.5, 0.6) is 0 Å². The normalized spacial score (nSPS) is 27.5. The fourth-order valence-electron chi connectivity index (χ4n) is 6.97. The highest BCUT2D eigenvalue weighted by Gasteiger charge is 2.47. The number of esters is 2. The maximum Gasteiger partial charge on any atom is 0.306 e. The average molecular weight is 885 g/mol. The minimum absolute atomic E-state index is 0.156. The molecule has 62 heavy (non-hydrogen) atoms. The van der Waals surface area contributed by atoms with E-state index < -0.39 is 99.3 Å². The minimum Gasteiger partial charge on any atom is -0.462 e. The van der Waals surface area contributed by atoms with Gasteiger partial charge in [-0.15, -0.1) is 0 Å². The Kier molecular flexibility index (Phi) is 31.2. The van der Waals surface area contributed by atoms with Crippen molar-refractivity contribution in [2.24, 2.45) is 0 Å². The summed E-state index contributed by atoms with van der Waals surface area (Å²) in [6.45, 7) is 2.39. The molecule has 358 valence electrons. The molecule has 0 aliphatic carbocycles. The van der Waals surface area contributed by atoms with Gasteiger partial charge in [0, 0.05) is 12.8 Å². The van der Waals surface area contributed by atoms with E-state index in [1.807, 2.05) is 0 Å². The molecule has 0 amide bonds. The van der Waals surface area contributed by atoms with E-state index in [4.69, 9.17) is 28.4 Å². The van der Waals surface area contributed by atoms with Gasteiger partial charge in [-0.2, -0.15) is 0 Å². The lowest BCUT2D eigenvalue weighted by Gasteiger charge is -2.42. The fraction of sp³-hybridized carbons (Fsp3) is 0.787. The molecule has 7 N–H and O–H groups in total. The van der Waals surface area contributed by atoms with Crippen molar-refractivity contribution < 1.29 is 73.8 Å². The number of aliphatic hydroxyl groups excluding tert-OH is 7. The second kappa shape index (κ2) is 34.8. The Morgan fingerprint density at radius 2 is 1.02 bits per heavy atom. The molecular formula is C47H80O15. The number of hydrogen-bond acceptors (Lipinski definition) is 15. The first-order valence-electron chi connectivity index (χ1n) is 23.2. The predicted octanol–water partition coefficient (Wildman–Crippen LogP) is 5.15. The highest BCUT2D eigenvalue weighted by molar-refractivity contribution is 5.70. The highest BCUT2D eigenvalue weighted by Crippen LogP contribution is 2.26. The molecular weight excluding hydrogens is 805 g/mol. The molecule has 0 aromatic heterocycles. The third kappa shape index (κ3) is 23.4. The van der Waals surface area contributed by atoms with Gasteiger partial charge in [0.25, 0.3) is 0 Å². The van der Waals surface area contributed by atoms with E-state index in [1.165, 1.54) is 44.9 Å².